The first-order chi connectivity index (χ1) is 10.1. The first-order valence-electron chi connectivity index (χ1n) is 6.81. The first-order valence-corrected chi connectivity index (χ1v) is 6.81. The molecule has 3 aromatic rings. The van der Waals surface area contributed by atoms with E-state index in [1.54, 1.807) is 0 Å². The Morgan fingerprint density at radius 1 is 0.857 bits per heavy atom. The molecule has 2 aromatic carbocycles. The maximum atomic E-state index is 13.9. The highest BCUT2D eigenvalue weighted by molar-refractivity contribution is 5.65. The van der Waals surface area contributed by atoms with Crippen LogP contribution in [-0.4, -0.2) is 9.97 Å². The standard InChI is InChI=1S/C18H15FN2/c1-12-7-9-14(10-8-12)16-11-17(19)21-18(20-16)15-6-4-3-5-13(15)2/h3-11H,1-2H3. The molecule has 0 N–H and O–H groups in total. The van der Waals surface area contributed by atoms with Gasteiger partial charge in [-0.1, -0.05) is 54.1 Å². The van der Waals surface area contributed by atoms with Gasteiger partial charge in [-0.25, -0.2) is 4.98 Å². The maximum absolute atomic E-state index is 13.9. The van der Waals surface area contributed by atoms with Gasteiger partial charge < -0.3 is 0 Å². The molecule has 0 aliphatic rings. The number of aromatic nitrogens is 2. The quantitative estimate of drug-likeness (QED) is 0.642. The molecule has 3 rings (SSSR count). The lowest BCUT2D eigenvalue weighted by Gasteiger charge is -2.07. The van der Waals surface area contributed by atoms with Crippen molar-refractivity contribution in [1.29, 1.82) is 0 Å². The van der Waals surface area contributed by atoms with Crippen LogP contribution in [0.2, 0.25) is 0 Å². The summed E-state index contributed by atoms with van der Waals surface area (Å²) in [5, 5.41) is 0. The molecule has 0 spiro atoms. The lowest BCUT2D eigenvalue weighted by molar-refractivity contribution is 0.582. The van der Waals surface area contributed by atoms with Crippen LogP contribution in [0.3, 0.4) is 0 Å². The topological polar surface area (TPSA) is 25.8 Å². The van der Waals surface area contributed by atoms with Gasteiger partial charge in [0.1, 0.15) is 0 Å². The molecule has 0 aliphatic heterocycles. The van der Waals surface area contributed by atoms with Crippen molar-refractivity contribution in [1.82, 2.24) is 9.97 Å². The number of halogens is 1. The Morgan fingerprint density at radius 3 is 2.29 bits per heavy atom. The van der Waals surface area contributed by atoms with E-state index in [9.17, 15) is 4.39 Å². The van der Waals surface area contributed by atoms with Crippen molar-refractivity contribution in [3.63, 3.8) is 0 Å². The van der Waals surface area contributed by atoms with Crippen LogP contribution in [0.1, 0.15) is 11.1 Å². The van der Waals surface area contributed by atoms with Gasteiger partial charge in [-0.05, 0) is 19.4 Å². The number of aryl methyl sites for hydroxylation is 2. The van der Waals surface area contributed by atoms with E-state index < -0.39 is 5.95 Å². The highest BCUT2D eigenvalue weighted by Gasteiger charge is 2.10. The Kier molecular flexibility index (Phi) is 3.48. The van der Waals surface area contributed by atoms with Crippen LogP contribution in [0.15, 0.2) is 54.6 Å². The summed E-state index contributed by atoms with van der Waals surface area (Å²) in [6.07, 6.45) is 0. The van der Waals surface area contributed by atoms with E-state index in [0.29, 0.717) is 11.5 Å². The molecule has 0 fully saturated rings. The molecule has 0 atom stereocenters. The Labute approximate surface area is 123 Å². The molecule has 1 aromatic heterocycles. The largest absolute Gasteiger partial charge is 0.228 e. The molecule has 0 saturated heterocycles. The minimum absolute atomic E-state index is 0.420. The summed E-state index contributed by atoms with van der Waals surface area (Å²) in [6.45, 7) is 3.98. The molecule has 3 heteroatoms. The number of nitrogens with zero attached hydrogens (tertiary/aromatic N) is 2. The lowest BCUT2D eigenvalue weighted by Crippen LogP contribution is -1.97. The smallest absolute Gasteiger partial charge is 0.217 e. The summed E-state index contributed by atoms with van der Waals surface area (Å²) in [5.74, 6) is -0.0949. The lowest BCUT2D eigenvalue weighted by atomic mass is 10.1. The Morgan fingerprint density at radius 2 is 1.57 bits per heavy atom. The zero-order chi connectivity index (χ0) is 14.8. The average molecular weight is 278 g/mol. The first kappa shape index (κ1) is 13.4. The summed E-state index contributed by atoms with van der Waals surface area (Å²) in [5.41, 5.74) is 4.52. The van der Waals surface area contributed by atoms with Crippen LogP contribution >= 0.6 is 0 Å². The third-order valence-corrected chi connectivity index (χ3v) is 3.43. The van der Waals surface area contributed by atoms with E-state index in [1.165, 1.54) is 6.07 Å². The van der Waals surface area contributed by atoms with Gasteiger partial charge in [0.25, 0.3) is 0 Å². The number of hydrogen-bond donors (Lipinski definition) is 0. The summed E-state index contributed by atoms with van der Waals surface area (Å²) in [4.78, 5) is 8.44. The zero-order valence-electron chi connectivity index (χ0n) is 12.0. The fraction of sp³-hybridized carbons (Fsp3) is 0.111. The van der Waals surface area contributed by atoms with Gasteiger partial charge in [0, 0.05) is 17.2 Å². The molecule has 0 saturated carbocycles. The second kappa shape index (κ2) is 5.44. The molecule has 21 heavy (non-hydrogen) atoms. The van der Waals surface area contributed by atoms with Crippen LogP contribution in [0.5, 0.6) is 0 Å². The van der Waals surface area contributed by atoms with Crippen LogP contribution in [0.25, 0.3) is 22.6 Å². The number of rotatable bonds is 2. The number of hydrogen-bond acceptors (Lipinski definition) is 2. The summed E-state index contributed by atoms with van der Waals surface area (Å²) < 4.78 is 13.9. The van der Waals surface area contributed by atoms with Crippen molar-refractivity contribution in [3.05, 3.63) is 71.7 Å². The van der Waals surface area contributed by atoms with Gasteiger partial charge in [0.15, 0.2) is 5.82 Å². The van der Waals surface area contributed by atoms with Gasteiger partial charge in [-0.2, -0.15) is 9.37 Å². The van der Waals surface area contributed by atoms with Crippen LogP contribution in [-0.2, 0) is 0 Å². The van der Waals surface area contributed by atoms with Gasteiger partial charge in [-0.15, -0.1) is 0 Å². The molecule has 104 valence electrons. The zero-order valence-corrected chi connectivity index (χ0v) is 12.0. The molecular formula is C18H15FN2. The van der Waals surface area contributed by atoms with Crippen molar-refractivity contribution < 1.29 is 4.39 Å². The minimum atomic E-state index is -0.515. The van der Waals surface area contributed by atoms with E-state index in [4.69, 9.17) is 0 Å². The molecular weight excluding hydrogens is 263 g/mol. The minimum Gasteiger partial charge on any atom is -0.228 e. The fourth-order valence-electron chi connectivity index (χ4n) is 2.23. The SMILES string of the molecule is Cc1ccc(-c2cc(F)nc(-c3ccccc3C)n2)cc1. The predicted molar refractivity (Wildman–Crippen MR) is 82.3 cm³/mol. The van der Waals surface area contributed by atoms with Gasteiger partial charge in [0.2, 0.25) is 5.95 Å². The van der Waals surface area contributed by atoms with Crippen molar-refractivity contribution >= 4 is 0 Å². The summed E-state index contributed by atoms with van der Waals surface area (Å²) in [6, 6.07) is 17.0. The van der Waals surface area contributed by atoms with E-state index >= 15 is 0 Å². The third kappa shape index (κ3) is 2.82. The van der Waals surface area contributed by atoms with E-state index in [0.717, 1.165) is 22.3 Å². The molecule has 0 amide bonds. The summed E-state index contributed by atoms with van der Waals surface area (Å²) >= 11 is 0. The van der Waals surface area contributed by atoms with Crippen LogP contribution in [0, 0.1) is 19.8 Å². The molecule has 1 heterocycles. The van der Waals surface area contributed by atoms with E-state index in [2.05, 4.69) is 9.97 Å². The second-order valence-electron chi connectivity index (χ2n) is 5.08. The highest BCUT2D eigenvalue weighted by Crippen LogP contribution is 2.24. The van der Waals surface area contributed by atoms with Gasteiger partial charge in [0.05, 0.1) is 5.69 Å². The molecule has 0 aliphatic carbocycles. The van der Waals surface area contributed by atoms with Crippen molar-refractivity contribution in [3.8, 4) is 22.6 Å². The molecule has 0 unspecified atom stereocenters. The van der Waals surface area contributed by atoms with Crippen molar-refractivity contribution in [2.45, 2.75) is 13.8 Å². The summed E-state index contributed by atoms with van der Waals surface area (Å²) in [7, 11) is 0. The Bertz CT molecular complexity index is 779. The monoisotopic (exact) mass is 278 g/mol. The molecule has 0 radical (unpaired) electrons. The third-order valence-electron chi connectivity index (χ3n) is 3.43. The number of benzene rings is 2. The van der Waals surface area contributed by atoms with Crippen molar-refractivity contribution in [2.24, 2.45) is 0 Å². The fourth-order valence-corrected chi connectivity index (χ4v) is 2.23. The predicted octanol–water partition coefficient (Wildman–Crippen LogP) is 4.57. The van der Waals surface area contributed by atoms with E-state index in [-0.39, 0.29) is 0 Å². The van der Waals surface area contributed by atoms with Crippen LogP contribution < -0.4 is 0 Å². The van der Waals surface area contributed by atoms with E-state index in [1.807, 2.05) is 62.4 Å². The maximum Gasteiger partial charge on any atom is 0.217 e. The second-order valence-corrected chi connectivity index (χ2v) is 5.08. The molecule has 2 nitrogen and oxygen atoms in total. The van der Waals surface area contributed by atoms with Gasteiger partial charge in [-0.3, -0.25) is 0 Å². The average Bonchev–Trinajstić information content (AvgIpc) is 2.48. The highest BCUT2D eigenvalue weighted by atomic mass is 19.1. The Balaban J connectivity index is 2.13. The van der Waals surface area contributed by atoms with Gasteiger partial charge >= 0.3 is 0 Å². The Hall–Kier alpha value is -2.55. The van der Waals surface area contributed by atoms with Crippen LogP contribution in [0.4, 0.5) is 4.39 Å². The normalized spacial score (nSPS) is 10.6. The molecule has 0 bridgehead atoms. The van der Waals surface area contributed by atoms with Crippen molar-refractivity contribution in [2.75, 3.05) is 0 Å².